The van der Waals surface area contributed by atoms with E-state index in [0.29, 0.717) is 16.7 Å². The summed E-state index contributed by atoms with van der Waals surface area (Å²) in [6.07, 6.45) is 5.24. The van der Waals surface area contributed by atoms with Crippen molar-refractivity contribution in [3.05, 3.63) is 89.5 Å². The summed E-state index contributed by atoms with van der Waals surface area (Å²) in [7, 11) is 0. The van der Waals surface area contributed by atoms with Crippen molar-refractivity contribution in [1.29, 1.82) is 0 Å². The van der Waals surface area contributed by atoms with E-state index < -0.39 is 42.6 Å². The zero-order valence-corrected chi connectivity index (χ0v) is 26.3. The molecule has 0 unspecified atom stereocenters. The fourth-order valence-corrected chi connectivity index (χ4v) is 3.04. The third-order valence-corrected chi connectivity index (χ3v) is 5.61. The number of rotatable bonds is 12. The fourth-order valence-electron chi connectivity index (χ4n) is 2.98. The van der Waals surface area contributed by atoms with Gasteiger partial charge in [-0.3, -0.25) is 4.79 Å². The molecule has 0 atom stereocenters. The van der Waals surface area contributed by atoms with Crippen molar-refractivity contribution in [2.45, 2.75) is 12.2 Å². The number of aromatic hydroxyl groups is 6. The minimum atomic E-state index is -1.24. The quantitative estimate of drug-likeness (QED) is 0.0557. The van der Waals surface area contributed by atoms with Gasteiger partial charge in [-0.15, -0.1) is 0 Å². The minimum absolute atomic E-state index is 0.200. The molecule has 0 radical (unpaired) electrons. The number of phenols is 6. The summed E-state index contributed by atoms with van der Waals surface area (Å²) >= 11 is 5.06. The Kier molecular flexibility index (Phi) is 18.7. The van der Waals surface area contributed by atoms with Crippen molar-refractivity contribution in [2.24, 2.45) is 0 Å². The van der Waals surface area contributed by atoms with Gasteiger partial charge in [0.05, 0.1) is 13.2 Å². The molecule has 10 N–H and O–H groups in total. The predicted molar refractivity (Wildman–Crippen MR) is 175 cm³/mol. The van der Waals surface area contributed by atoms with Crippen LogP contribution < -0.4 is 0 Å². The van der Waals surface area contributed by atoms with Gasteiger partial charge in [0.15, 0.2) is 34.5 Å². The summed E-state index contributed by atoms with van der Waals surface area (Å²) in [6.45, 7) is -1.55. The van der Waals surface area contributed by atoms with E-state index in [0.717, 1.165) is 18.2 Å². The normalized spacial score (nSPS) is 10.9. The highest BCUT2D eigenvalue weighted by Gasteiger charge is 2.10. The van der Waals surface area contributed by atoms with E-state index in [-0.39, 0.29) is 47.7 Å². The van der Waals surface area contributed by atoms with Gasteiger partial charge in [-0.1, -0.05) is 24.3 Å². The second kappa shape index (κ2) is 22.1. The number of allylic oxidation sites excluding steroid dienone is 1. The largest absolute Gasteiger partial charge is 0.504 e. The van der Waals surface area contributed by atoms with Crippen LogP contribution in [-0.2, 0) is 23.9 Å². The van der Waals surface area contributed by atoms with Gasteiger partial charge in [0, 0.05) is 12.2 Å². The number of aliphatic hydroxyl groups excluding tert-OH is 4. The van der Waals surface area contributed by atoms with Crippen LogP contribution in [0.15, 0.2) is 72.8 Å². The molecule has 15 nitrogen and oxygen atoms in total. The summed E-state index contributed by atoms with van der Waals surface area (Å²) in [4.78, 5) is 33.6. The second-order valence-electron chi connectivity index (χ2n) is 9.48. The Morgan fingerprint density at radius 1 is 0.551 bits per heavy atom. The molecular weight excluding hydrogens is 672 g/mol. The summed E-state index contributed by atoms with van der Waals surface area (Å²) in [5.41, 5.74) is 1.49. The van der Waals surface area contributed by atoms with Gasteiger partial charge >= 0.3 is 11.9 Å². The Hall–Kier alpha value is -5.58. The van der Waals surface area contributed by atoms with E-state index in [1.54, 1.807) is 6.07 Å². The zero-order chi connectivity index (χ0) is 36.9. The molecule has 0 saturated heterocycles. The lowest BCUT2D eigenvalue weighted by Crippen LogP contribution is -2.24. The topological polar surface area (TPSA) is 272 Å². The molecule has 0 aliphatic carbocycles. The molecule has 0 bridgehead atoms. The number of carbonyl (C=O) groups is 3. The molecule has 3 aromatic rings. The minimum Gasteiger partial charge on any atom is -0.504 e. The smallest absolute Gasteiger partial charge is 0.330 e. The highest BCUT2D eigenvalue weighted by molar-refractivity contribution is 6.66. The van der Waals surface area contributed by atoms with Gasteiger partial charge in [0.2, 0.25) is 5.24 Å². The molecule has 0 amide bonds. The van der Waals surface area contributed by atoms with Crippen LogP contribution in [0.1, 0.15) is 16.7 Å². The van der Waals surface area contributed by atoms with E-state index >= 15 is 0 Å². The maximum atomic E-state index is 11.6. The summed E-state index contributed by atoms with van der Waals surface area (Å²) in [5, 5.41) is 88.3. The fraction of sp³-hybridized carbons (Fsp3) is 0.182. The van der Waals surface area contributed by atoms with Gasteiger partial charge < -0.3 is 60.5 Å². The number of carbonyl (C=O) groups excluding carboxylic acids is 3. The lowest BCUT2D eigenvalue weighted by atomic mass is 10.2. The van der Waals surface area contributed by atoms with Crippen molar-refractivity contribution >= 4 is 47.0 Å². The van der Waals surface area contributed by atoms with Crippen LogP contribution in [0.4, 0.5) is 0 Å². The van der Waals surface area contributed by atoms with Gasteiger partial charge in [0.25, 0.3) is 0 Å². The van der Waals surface area contributed by atoms with Crippen molar-refractivity contribution in [1.82, 2.24) is 0 Å². The number of ether oxygens (including phenoxy) is 2. The molecule has 0 spiro atoms. The molecule has 264 valence electrons. The molecule has 0 fully saturated rings. The van der Waals surface area contributed by atoms with Gasteiger partial charge in [-0.25, -0.2) is 9.59 Å². The van der Waals surface area contributed by atoms with Crippen molar-refractivity contribution in [3.8, 4) is 34.5 Å². The molecule has 3 rings (SSSR count). The van der Waals surface area contributed by atoms with Gasteiger partial charge in [0.1, 0.15) is 25.4 Å². The summed E-state index contributed by atoms with van der Waals surface area (Å²) in [5.74, 6) is -3.21. The van der Waals surface area contributed by atoms with Crippen LogP contribution in [-0.4, -0.2) is 107 Å². The van der Waals surface area contributed by atoms with Gasteiger partial charge in [-0.2, -0.15) is 0 Å². The Morgan fingerprint density at radius 3 is 1.14 bits per heavy atom. The molecular formula is C33H35ClO15. The maximum absolute atomic E-state index is 11.6. The SMILES string of the molecule is O=C(/C=C/c1ccc(O)c(O)c1)OCC(O)COC(=O)/C=C/c1ccc(O)c(O)c1.O=C(Cl)/C=C/c1ccc(O)c(O)c1.OCC(O)CO. The van der Waals surface area contributed by atoms with Crippen LogP contribution in [0.5, 0.6) is 34.5 Å². The van der Waals surface area contributed by atoms with Crippen molar-refractivity contribution in [3.63, 3.8) is 0 Å². The second-order valence-corrected chi connectivity index (χ2v) is 9.85. The van der Waals surface area contributed by atoms with E-state index in [9.17, 15) is 39.9 Å². The molecule has 3 aromatic carbocycles. The Morgan fingerprint density at radius 2 is 0.878 bits per heavy atom. The lowest BCUT2D eigenvalue weighted by Gasteiger charge is -2.10. The van der Waals surface area contributed by atoms with Crippen LogP contribution in [0.2, 0.25) is 0 Å². The van der Waals surface area contributed by atoms with E-state index in [2.05, 4.69) is 0 Å². The number of halogens is 1. The third kappa shape index (κ3) is 17.8. The van der Waals surface area contributed by atoms with E-state index in [4.69, 9.17) is 46.6 Å². The zero-order valence-electron chi connectivity index (χ0n) is 25.5. The number of hydrogen-bond acceptors (Lipinski definition) is 15. The predicted octanol–water partition coefficient (Wildman–Crippen LogP) is 1.89. The number of phenolic OH excluding ortho intramolecular Hbond substituents is 6. The molecule has 0 aliphatic heterocycles. The monoisotopic (exact) mass is 706 g/mol. The van der Waals surface area contributed by atoms with Crippen LogP contribution in [0.25, 0.3) is 18.2 Å². The molecule has 0 saturated carbocycles. The average molecular weight is 707 g/mol. The molecule has 49 heavy (non-hydrogen) atoms. The first-order valence-electron chi connectivity index (χ1n) is 13.9. The van der Waals surface area contributed by atoms with Crippen molar-refractivity contribution < 1.29 is 74.9 Å². The number of hydrogen-bond donors (Lipinski definition) is 10. The third-order valence-electron chi connectivity index (χ3n) is 5.49. The average Bonchev–Trinajstić information content (AvgIpc) is 3.08. The first kappa shape index (κ1) is 41.4. The van der Waals surface area contributed by atoms with Crippen LogP contribution in [0.3, 0.4) is 0 Å². The van der Waals surface area contributed by atoms with Crippen molar-refractivity contribution in [2.75, 3.05) is 26.4 Å². The van der Waals surface area contributed by atoms with Gasteiger partial charge in [-0.05, 0) is 82.9 Å². The van der Waals surface area contributed by atoms with Crippen LogP contribution in [0, 0.1) is 0 Å². The molecule has 0 heterocycles. The highest BCUT2D eigenvalue weighted by Crippen LogP contribution is 2.27. The number of benzene rings is 3. The highest BCUT2D eigenvalue weighted by atomic mass is 35.5. The molecule has 0 aliphatic rings. The number of aliphatic hydroxyl groups is 4. The van der Waals surface area contributed by atoms with Crippen LogP contribution >= 0.6 is 11.6 Å². The molecule has 16 heteroatoms. The Balaban J connectivity index is 0.000000517. The van der Waals surface area contributed by atoms with E-state index in [1.165, 1.54) is 66.8 Å². The summed E-state index contributed by atoms with van der Waals surface area (Å²) < 4.78 is 9.63. The lowest BCUT2D eigenvalue weighted by molar-refractivity contribution is -0.146. The Bertz CT molecular complexity index is 1540. The first-order valence-corrected chi connectivity index (χ1v) is 14.2. The Labute approximate surface area is 284 Å². The maximum Gasteiger partial charge on any atom is 0.330 e. The number of esters is 2. The standard InChI is InChI=1S/C21H20O9.C9H7ClO3.C3H8O3/c22-15(11-29-20(27)7-3-13-1-5-16(23)18(25)9-13)12-30-21(28)8-4-14-2-6-17(24)19(26)10-14;10-9(13)4-2-6-1-3-7(11)8(12)5-6;4-1-3(6)2-5/h1-10,15,22-26H,11-12H2;1-5,11-12H;3-6H,1-2H2/b7-3+,8-4+;4-2+;. The molecule has 0 aromatic heterocycles. The van der Waals surface area contributed by atoms with E-state index in [1.807, 2.05) is 0 Å². The first-order chi connectivity index (χ1) is 23.1. The summed E-state index contributed by atoms with van der Waals surface area (Å²) in [6, 6.07) is 12.2.